The van der Waals surface area contributed by atoms with Gasteiger partial charge in [-0.05, 0) is 18.2 Å². The third kappa shape index (κ3) is 4.38. The Morgan fingerprint density at radius 3 is 3.15 bits per heavy atom. The predicted molar refractivity (Wildman–Crippen MR) is 82.4 cm³/mol. The molecule has 0 aromatic heterocycles. The first kappa shape index (κ1) is 15.1. The second-order valence-electron chi connectivity index (χ2n) is 5.02. The normalized spacial score (nSPS) is 19.8. The summed E-state index contributed by atoms with van der Waals surface area (Å²) in [6.45, 7) is 4.92. The van der Waals surface area contributed by atoms with Gasteiger partial charge in [0.15, 0.2) is 0 Å². The Morgan fingerprint density at radius 1 is 1.60 bits per heavy atom. The first-order chi connectivity index (χ1) is 9.54. The molecule has 0 radical (unpaired) electrons. The number of halogens is 1. The van der Waals surface area contributed by atoms with E-state index in [4.69, 9.17) is 5.73 Å². The van der Waals surface area contributed by atoms with Crippen molar-refractivity contribution in [2.45, 2.75) is 18.6 Å². The van der Waals surface area contributed by atoms with Crippen molar-refractivity contribution in [3.8, 4) is 0 Å². The third-order valence-corrected chi connectivity index (χ3v) is 4.38. The largest absolute Gasteiger partial charge is 0.399 e. The van der Waals surface area contributed by atoms with E-state index in [1.54, 1.807) is 0 Å². The SMILES string of the molecule is CC1CN(CCC(=O)Nc2cc(N)ccc2F)CCS1. The molecule has 1 saturated heterocycles. The van der Waals surface area contributed by atoms with Gasteiger partial charge in [0.1, 0.15) is 5.82 Å². The minimum atomic E-state index is -0.462. The molecule has 110 valence electrons. The van der Waals surface area contributed by atoms with E-state index in [1.807, 2.05) is 11.8 Å². The lowest BCUT2D eigenvalue weighted by molar-refractivity contribution is -0.116. The van der Waals surface area contributed by atoms with E-state index in [9.17, 15) is 9.18 Å². The van der Waals surface area contributed by atoms with Crippen LogP contribution in [0.5, 0.6) is 0 Å². The van der Waals surface area contributed by atoms with Crippen LogP contribution in [0.2, 0.25) is 0 Å². The van der Waals surface area contributed by atoms with Crippen molar-refractivity contribution in [1.82, 2.24) is 4.90 Å². The fourth-order valence-electron chi connectivity index (χ4n) is 2.20. The summed E-state index contributed by atoms with van der Waals surface area (Å²) in [4.78, 5) is 14.1. The van der Waals surface area contributed by atoms with Gasteiger partial charge in [-0.3, -0.25) is 4.79 Å². The van der Waals surface area contributed by atoms with Crippen LogP contribution in [-0.4, -0.2) is 41.4 Å². The van der Waals surface area contributed by atoms with Crippen molar-refractivity contribution >= 4 is 29.0 Å². The number of nitrogens with two attached hydrogens (primary N) is 1. The zero-order chi connectivity index (χ0) is 14.5. The minimum Gasteiger partial charge on any atom is -0.399 e. The third-order valence-electron chi connectivity index (χ3n) is 3.24. The van der Waals surface area contributed by atoms with E-state index in [0.29, 0.717) is 23.9 Å². The van der Waals surface area contributed by atoms with Gasteiger partial charge in [-0.15, -0.1) is 0 Å². The summed E-state index contributed by atoms with van der Waals surface area (Å²) < 4.78 is 13.5. The van der Waals surface area contributed by atoms with Crippen molar-refractivity contribution in [2.24, 2.45) is 0 Å². The average Bonchev–Trinajstić information content (AvgIpc) is 2.41. The van der Waals surface area contributed by atoms with Gasteiger partial charge in [-0.1, -0.05) is 6.92 Å². The van der Waals surface area contributed by atoms with Crippen LogP contribution in [0, 0.1) is 5.82 Å². The summed E-state index contributed by atoms with van der Waals surface area (Å²) in [5.74, 6) is 0.461. The topological polar surface area (TPSA) is 58.4 Å². The quantitative estimate of drug-likeness (QED) is 0.836. The Kier molecular flexibility index (Phi) is 5.25. The van der Waals surface area contributed by atoms with Crippen LogP contribution in [0.1, 0.15) is 13.3 Å². The zero-order valence-corrected chi connectivity index (χ0v) is 12.4. The summed E-state index contributed by atoms with van der Waals surface area (Å²) in [6, 6.07) is 4.17. The van der Waals surface area contributed by atoms with E-state index in [2.05, 4.69) is 17.1 Å². The number of benzene rings is 1. The van der Waals surface area contributed by atoms with Gasteiger partial charge in [0, 0.05) is 42.7 Å². The minimum absolute atomic E-state index is 0.151. The first-order valence-corrected chi connectivity index (χ1v) is 7.78. The van der Waals surface area contributed by atoms with Crippen LogP contribution in [0.25, 0.3) is 0 Å². The maximum atomic E-state index is 13.5. The number of nitrogens with one attached hydrogen (secondary N) is 1. The van der Waals surface area contributed by atoms with Crippen LogP contribution in [0.4, 0.5) is 15.8 Å². The highest BCUT2D eigenvalue weighted by atomic mass is 32.2. The summed E-state index contributed by atoms with van der Waals surface area (Å²) >= 11 is 1.96. The molecule has 6 heteroatoms. The number of hydrogen-bond donors (Lipinski definition) is 2. The molecule has 0 aliphatic carbocycles. The number of rotatable bonds is 4. The molecule has 0 bridgehead atoms. The van der Waals surface area contributed by atoms with Crippen molar-refractivity contribution in [3.05, 3.63) is 24.0 Å². The number of carbonyl (C=O) groups is 1. The fraction of sp³-hybridized carbons (Fsp3) is 0.500. The van der Waals surface area contributed by atoms with Crippen LogP contribution in [0.15, 0.2) is 18.2 Å². The summed E-state index contributed by atoms with van der Waals surface area (Å²) in [5, 5.41) is 3.19. The molecule has 3 N–H and O–H groups in total. The monoisotopic (exact) mass is 297 g/mol. The number of amides is 1. The first-order valence-electron chi connectivity index (χ1n) is 6.73. The fourth-order valence-corrected chi connectivity index (χ4v) is 3.29. The highest BCUT2D eigenvalue weighted by Gasteiger charge is 2.17. The van der Waals surface area contributed by atoms with Gasteiger partial charge in [-0.2, -0.15) is 11.8 Å². The molecule has 1 aliphatic heterocycles. The van der Waals surface area contributed by atoms with Gasteiger partial charge in [-0.25, -0.2) is 4.39 Å². The Labute approximate surface area is 122 Å². The number of nitrogen functional groups attached to an aromatic ring is 1. The van der Waals surface area contributed by atoms with Gasteiger partial charge < -0.3 is 16.0 Å². The molecule has 1 heterocycles. The Balaban J connectivity index is 1.82. The summed E-state index contributed by atoms with van der Waals surface area (Å²) in [6.07, 6.45) is 0.367. The molecule has 4 nitrogen and oxygen atoms in total. The smallest absolute Gasteiger partial charge is 0.225 e. The lowest BCUT2D eigenvalue weighted by Gasteiger charge is -2.30. The number of hydrogen-bond acceptors (Lipinski definition) is 4. The van der Waals surface area contributed by atoms with Crippen molar-refractivity contribution < 1.29 is 9.18 Å². The molecule has 1 fully saturated rings. The van der Waals surface area contributed by atoms with Gasteiger partial charge in [0.2, 0.25) is 5.91 Å². The van der Waals surface area contributed by atoms with Crippen molar-refractivity contribution in [2.75, 3.05) is 36.4 Å². The van der Waals surface area contributed by atoms with Crippen molar-refractivity contribution in [3.63, 3.8) is 0 Å². The highest BCUT2D eigenvalue weighted by Crippen LogP contribution is 2.19. The molecule has 1 unspecified atom stereocenters. The number of anilines is 2. The zero-order valence-electron chi connectivity index (χ0n) is 11.6. The Morgan fingerprint density at radius 2 is 2.40 bits per heavy atom. The van der Waals surface area contributed by atoms with E-state index >= 15 is 0 Å². The van der Waals surface area contributed by atoms with E-state index in [1.165, 1.54) is 18.2 Å². The number of nitrogens with zero attached hydrogens (tertiary/aromatic N) is 1. The molecule has 1 aliphatic rings. The highest BCUT2D eigenvalue weighted by molar-refractivity contribution is 7.99. The maximum Gasteiger partial charge on any atom is 0.225 e. The molecule has 0 spiro atoms. The molecule has 1 amide bonds. The molecule has 1 atom stereocenters. The molecular weight excluding hydrogens is 277 g/mol. The maximum absolute atomic E-state index is 13.5. The van der Waals surface area contributed by atoms with E-state index in [-0.39, 0.29) is 11.6 Å². The van der Waals surface area contributed by atoms with Crippen molar-refractivity contribution in [1.29, 1.82) is 0 Å². The molecule has 20 heavy (non-hydrogen) atoms. The van der Waals surface area contributed by atoms with Gasteiger partial charge >= 0.3 is 0 Å². The Hall–Kier alpha value is -1.27. The van der Waals surface area contributed by atoms with Crippen LogP contribution >= 0.6 is 11.8 Å². The lowest BCUT2D eigenvalue weighted by Crippen LogP contribution is -2.38. The number of carbonyl (C=O) groups excluding carboxylic acids is 1. The van der Waals surface area contributed by atoms with Crippen LogP contribution in [-0.2, 0) is 4.79 Å². The standard InChI is InChI=1S/C14H20FN3OS/c1-10-9-18(6-7-20-10)5-4-14(19)17-13-8-11(16)2-3-12(13)15/h2-3,8,10H,4-7,9,16H2,1H3,(H,17,19). The second kappa shape index (κ2) is 6.95. The summed E-state index contributed by atoms with van der Waals surface area (Å²) in [5.41, 5.74) is 6.17. The van der Waals surface area contributed by atoms with Gasteiger partial charge in [0.25, 0.3) is 0 Å². The Bertz CT molecular complexity index is 483. The molecule has 2 rings (SSSR count). The average molecular weight is 297 g/mol. The van der Waals surface area contributed by atoms with Crippen LogP contribution < -0.4 is 11.1 Å². The molecular formula is C14H20FN3OS. The second-order valence-corrected chi connectivity index (χ2v) is 6.57. The summed E-state index contributed by atoms with van der Waals surface area (Å²) in [7, 11) is 0. The predicted octanol–water partition coefficient (Wildman–Crippen LogP) is 2.17. The van der Waals surface area contributed by atoms with Gasteiger partial charge in [0.05, 0.1) is 5.69 Å². The van der Waals surface area contributed by atoms with E-state index < -0.39 is 5.82 Å². The lowest BCUT2D eigenvalue weighted by atomic mass is 10.2. The van der Waals surface area contributed by atoms with Crippen LogP contribution in [0.3, 0.4) is 0 Å². The molecule has 1 aromatic rings. The molecule has 1 aromatic carbocycles. The molecule has 0 saturated carbocycles. The van der Waals surface area contributed by atoms with E-state index in [0.717, 1.165) is 18.8 Å². The number of thioether (sulfide) groups is 1.